The summed E-state index contributed by atoms with van der Waals surface area (Å²) in [4.78, 5) is 4.46. The Morgan fingerprint density at radius 3 is 2.50 bits per heavy atom. The highest BCUT2D eigenvalue weighted by Gasteiger charge is 2.18. The van der Waals surface area contributed by atoms with Crippen LogP contribution in [-0.2, 0) is 10.0 Å². The Morgan fingerprint density at radius 1 is 1.05 bits per heavy atom. The van der Waals surface area contributed by atoms with Gasteiger partial charge in [0.2, 0.25) is 0 Å². The van der Waals surface area contributed by atoms with E-state index in [0.29, 0.717) is 9.60 Å². The molecule has 0 saturated carbocycles. The van der Waals surface area contributed by atoms with Gasteiger partial charge in [-0.1, -0.05) is 35.6 Å². The van der Waals surface area contributed by atoms with Gasteiger partial charge < -0.3 is 0 Å². The molecule has 2 aromatic carbocycles. The van der Waals surface area contributed by atoms with Gasteiger partial charge in [0.05, 0.1) is 10.2 Å². The van der Waals surface area contributed by atoms with E-state index in [-0.39, 0.29) is 4.90 Å². The summed E-state index contributed by atoms with van der Waals surface area (Å²) in [5, 5.41) is 0.363. The highest BCUT2D eigenvalue weighted by molar-refractivity contribution is 9.10. The minimum atomic E-state index is -3.64. The smallest absolute Gasteiger partial charge is 0.255 e. The van der Waals surface area contributed by atoms with Crippen LogP contribution in [0.2, 0.25) is 0 Å². The highest BCUT2D eigenvalue weighted by Crippen LogP contribution is 2.29. The number of benzene rings is 2. The van der Waals surface area contributed by atoms with Crippen molar-refractivity contribution in [3.63, 3.8) is 0 Å². The fourth-order valence-corrected chi connectivity index (χ4v) is 4.85. The first-order valence-corrected chi connectivity index (χ1v) is 8.78. The first-order chi connectivity index (χ1) is 9.56. The molecule has 4 nitrogen and oxygen atoms in total. The molecule has 3 aromatic rings. The van der Waals surface area contributed by atoms with E-state index in [2.05, 4.69) is 25.6 Å². The largest absolute Gasteiger partial charge is 0.264 e. The Morgan fingerprint density at radius 2 is 1.75 bits per heavy atom. The van der Waals surface area contributed by atoms with Crippen LogP contribution in [0.4, 0.5) is 5.13 Å². The van der Waals surface area contributed by atoms with E-state index in [1.807, 2.05) is 24.3 Å². The van der Waals surface area contributed by atoms with Crippen molar-refractivity contribution < 1.29 is 8.42 Å². The molecule has 0 radical (unpaired) electrons. The number of hydrogen-bond acceptors (Lipinski definition) is 4. The zero-order valence-corrected chi connectivity index (χ0v) is 13.3. The van der Waals surface area contributed by atoms with E-state index in [9.17, 15) is 8.42 Å². The number of hydrogen-bond donors (Lipinski definition) is 1. The monoisotopic (exact) mass is 368 g/mol. The molecule has 0 atom stereocenters. The minimum Gasteiger partial charge on any atom is -0.255 e. The molecule has 0 fully saturated rings. The van der Waals surface area contributed by atoms with Crippen LogP contribution in [0.5, 0.6) is 0 Å². The molecule has 0 amide bonds. The number of rotatable bonds is 3. The quantitative estimate of drug-likeness (QED) is 0.763. The van der Waals surface area contributed by atoms with Gasteiger partial charge in [-0.3, -0.25) is 4.72 Å². The molecule has 1 N–H and O–H groups in total. The Bertz CT molecular complexity index is 842. The summed E-state index contributed by atoms with van der Waals surface area (Å²) in [6, 6.07) is 14.2. The summed E-state index contributed by atoms with van der Waals surface area (Å²) in [5.41, 5.74) is 0.780. The van der Waals surface area contributed by atoms with E-state index in [0.717, 1.165) is 10.2 Å². The van der Waals surface area contributed by atoms with E-state index in [1.165, 1.54) is 11.3 Å². The van der Waals surface area contributed by atoms with E-state index in [1.54, 1.807) is 24.3 Å². The first-order valence-electron chi connectivity index (χ1n) is 5.69. The molecule has 3 rings (SSSR count). The van der Waals surface area contributed by atoms with Crippen molar-refractivity contribution in [3.05, 3.63) is 53.0 Å². The lowest BCUT2D eigenvalue weighted by Crippen LogP contribution is -2.13. The van der Waals surface area contributed by atoms with Gasteiger partial charge >= 0.3 is 0 Å². The molecular formula is C13H9BrN2O2S2. The highest BCUT2D eigenvalue weighted by atomic mass is 79.9. The lowest BCUT2D eigenvalue weighted by atomic mass is 10.3. The molecule has 1 heterocycles. The van der Waals surface area contributed by atoms with Gasteiger partial charge in [-0.15, -0.1) is 0 Å². The average molecular weight is 369 g/mol. The van der Waals surface area contributed by atoms with Crippen molar-refractivity contribution in [2.24, 2.45) is 0 Å². The molecule has 0 aliphatic heterocycles. The summed E-state index contributed by atoms with van der Waals surface area (Å²) in [5.74, 6) is 0. The zero-order valence-electron chi connectivity index (χ0n) is 10.1. The summed E-state index contributed by atoms with van der Waals surface area (Å²) >= 11 is 4.55. The first kappa shape index (κ1) is 13.5. The van der Waals surface area contributed by atoms with Gasteiger partial charge in [0.1, 0.15) is 4.90 Å². The van der Waals surface area contributed by atoms with Gasteiger partial charge in [0.25, 0.3) is 10.0 Å². The Labute approximate surface area is 128 Å². The number of aromatic nitrogens is 1. The molecule has 7 heteroatoms. The summed E-state index contributed by atoms with van der Waals surface area (Å²) in [6.45, 7) is 0. The molecule has 0 saturated heterocycles. The number of fused-ring (bicyclic) bond motifs is 1. The van der Waals surface area contributed by atoms with Crippen LogP contribution in [0.1, 0.15) is 0 Å². The Hall–Kier alpha value is -1.44. The number of sulfonamides is 1. The van der Waals surface area contributed by atoms with Gasteiger partial charge in [0.15, 0.2) is 5.13 Å². The minimum absolute atomic E-state index is 0.194. The SMILES string of the molecule is O=S(=O)(Nc1nc2ccccc2s1)c1ccccc1Br. The van der Waals surface area contributed by atoms with Crippen molar-refractivity contribution in [3.8, 4) is 0 Å². The molecule has 0 bridgehead atoms. The van der Waals surface area contributed by atoms with Crippen LogP contribution in [-0.4, -0.2) is 13.4 Å². The summed E-state index contributed by atoms with van der Waals surface area (Å²) < 4.78 is 28.6. The summed E-state index contributed by atoms with van der Waals surface area (Å²) in [6.07, 6.45) is 0. The van der Waals surface area contributed by atoms with Gasteiger partial charge in [-0.2, -0.15) is 0 Å². The van der Waals surface area contributed by atoms with Gasteiger partial charge in [0, 0.05) is 4.47 Å². The van der Waals surface area contributed by atoms with E-state index < -0.39 is 10.0 Å². The third-order valence-corrected chi connectivity index (χ3v) is 6.07. The molecule has 0 aliphatic carbocycles. The number of halogens is 1. The van der Waals surface area contributed by atoms with Crippen molar-refractivity contribution in [1.82, 2.24) is 4.98 Å². The van der Waals surface area contributed by atoms with Crippen LogP contribution in [0.3, 0.4) is 0 Å². The zero-order chi connectivity index (χ0) is 14.2. The van der Waals surface area contributed by atoms with Crippen LogP contribution in [0.25, 0.3) is 10.2 Å². The number of nitrogens with zero attached hydrogens (tertiary/aromatic N) is 1. The van der Waals surface area contributed by atoms with E-state index in [4.69, 9.17) is 0 Å². The fraction of sp³-hybridized carbons (Fsp3) is 0. The van der Waals surface area contributed by atoms with Crippen molar-refractivity contribution in [1.29, 1.82) is 0 Å². The second kappa shape index (κ2) is 5.16. The fourth-order valence-electron chi connectivity index (χ4n) is 1.75. The van der Waals surface area contributed by atoms with Gasteiger partial charge in [-0.25, -0.2) is 13.4 Å². The summed E-state index contributed by atoms with van der Waals surface area (Å²) in [7, 11) is -3.64. The average Bonchev–Trinajstić information content (AvgIpc) is 2.80. The number of thiazole rings is 1. The second-order valence-corrected chi connectivity index (χ2v) is 7.56. The topological polar surface area (TPSA) is 59.1 Å². The Kier molecular flexibility index (Phi) is 3.49. The van der Waals surface area contributed by atoms with E-state index >= 15 is 0 Å². The normalized spacial score (nSPS) is 11.7. The van der Waals surface area contributed by atoms with Crippen LogP contribution in [0, 0.1) is 0 Å². The maximum atomic E-state index is 12.3. The van der Waals surface area contributed by atoms with Crippen LogP contribution < -0.4 is 4.72 Å². The standard InChI is InChI=1S/C13H9BrN2O2S2/c14-9-5-1-4-8-12(9)20(17,18)16-13-15-10-6-2-3-7-11(10)19-13/h1-8H,(H,15,16). The maximum absolute atomic E-state index is 12.3. The lowest BCUT2D eigenvalue weighted by molar-refractivity contribution is 0.600. The van der Waals surface area contributed by atoms with Crippen molar-refractivity contribution in [2.75, 3.05) is 4.72 Å². The van der Waals surface area contributed by atoms with Crippen LogP contribution in [0.15, 0.2) is 57.9 Å². The lowest BCUT2D eigenvalue weighted by Gasteiger charge is -2.06. The number of nitrogens with one attached hydrogen (secondary N) is 1. The van der Waals surface area contributed by atoms with Crippen LogP contribution >= 0.6 is 27.3 Å². The van der Waals surface area contributed by atoms with Crippen molar-refractivity contribution in [2.45, 2.75) is 4.90 Å². The molecule has 0 aliphatic rings. The van der Waals surface area contributed by atoms with Crippen molar-refractivity contribution >= 4 is 52.6 Å². The molecule has 1 aromatic heterocycles. The Balaban J connectivity index is 1.99. The maximum Gasteiger partial charge on any atom is 0.264 e. The molecule has 20 heavy (non-hydrogen) atoms. The third kappa shape index (κ3) is 2.56. The number of para-hydroxylation sites is 1. The predicted molar refractivity (Wildman–Crippen MR) is 84.6 cm³/mol. The number of anilines is 1. The molecule has 0 spiro atoms. The third-order valence-electron chi connectivity index (χ3n) is 2.64. The van der Waals surface area contributed by atoms with Gasteiger partial charge in [-0.05, 0) is 40.2 Å². The molecular weight excluding hydrogens is 360 g/mol. The molecule has 0 unspecified atom stereocenters. The molecule has 102 valence electrons. The predicted octanol–water partition coefficient (Wildman–Crippen LogP) is 3.86. The second-order valence-electron chi connectivity index (χ2n) is 4.02.